The fourth-order valence-electron chi connectivity index (χ4n) is 10.6. The lowest BCUT2D eigenvalue weighted by Crippen LogP contribution is -2.10. The van der Waals surface area contributed by atoms with E-state index in [9.17, 15) is 0 Å². The first-order valence-corrected chi connectivity index (χ1v) is 23.3. The van der Waals surface area contributed by atoms with Crippen LogP contribution in [0, 0.1) is 0 Å². The van der Waals surface area contributed by atoms with Crippen LogP contribution in [0.15, 0.2) is 235 Å². The van der Waals surface area contributed by atoms with Crippen molar-refractivity contribution in [2.45, 2.75) is 0 Å². The van der Waals surface area contributed by atoms with Gasteiger partial charge >= 0.3 is 0 Å². The summed E-state index contributed by atoms with van der Waals surface area (Å²) in [5.41, 5.74) is 13.1. The molecule has 0 aliphatic carbocycles. The van der Waals surface area contributed by atoms with Gasteiger partial charge in [0.25, 0.3) is 0 Å². The van der Waals surface area contributed by atoms with Crippen LogP contribution < -0.4 is 4.90 Å². The Labute approximate surface area is 384 Å². The number of aromatic nitrogens is 1. The minimum atomic E-state index is 0.846. The summed E-state index contributed by atoms with van der Waals surface area (Å²) in [5.74, 6) is 0. The van der Waals surface area contributed by atoms with E-state index in [4.69, 9.17) is 4.42 Å². The fourth-order valence-corrected chi connectivity index (χ4v) is 11.9. The summed E-state index contributed by atoms with van der Waals surface area (Å²) >= 11 is 1.88. The Bertz CT molecular complexity index is 4240. The topological polar surface area (TPSA) is 21.3 Å². The van der Waals surface area contributed by atoms with Crippen molar-refractivity contribution in [1.29, 1.82) is 0 Å². The summed E-state index contributed by atoms with van der Waals surface area (Å²) in [4.78, 5) is 2.41. The van der Waals surface area contributed by atoms with E-state index in [-0.39, 0.29) is 0 Å². The standard InChI is InChI=1S/C62H38N2OS/c1-3-15-39(16-4-1)46-32-33-49(60-51-23-11-14-26-58(51)66-62(46)60)48-34-36-56(61-59(48)50-22-10-13-25-57(50)65-61)63(43-30-29-41-28-27-40-17-7-8-20-45(40)52(41)37-43)44-31-35-55-53(38-44)47-21-9-12-24-54(47)64(55)42-18-5-2-6-19-42/h1-38H. The molecule has 0 atom stereocenters. The first kappa shape index (κ1) is 37.0. The second-order valence-electron chi connectivity index (χ2n) is 17.2. The number of hydrogen-bond acceptors (Lipinski definition) is 3. The summed E-state index contributed by atoms with van der Waals surface area (Å²) in [7, 11) is 0. The van der Waals surface area contributed by atoms with Gasteiger partial charge in [-0.2, -0.15) is 0 Å². The molecule has 308 valence electrons. The summed E-state index contributed by atoms with van der Waals surface area (Å²) in [6, 6.07) is 83.9. The van der Waals surface area contributed by atoms with Crippen LogP contribution in [-0.4, -0.2) is 4.57 Å². The lowest BCUT2D eigenvalue weighted by atomic mass is 9.92. The molecular weight excluding hydrogens is 821 g/mol. The highest BCUT2D eigenvalue weighted by molar-refractivity contribution is 7.26. The summed E-state index contributed by atoms with van der Waals surface area (Å²) in [5, 5.41) is 12.0. The van der Waals surface area contributed by atoms with Crippen LogP contribution in [0.3, 0.4) is 0 Å². The van der Waals surface area contributed by atoms with Crippen LogP contribution in [0.25, 0.3) is 113 Å². The molecule has 0 bridgehead atoms. The van der Waals surface area contributed by atoms with Gasteiger partial charge in [0.1, 0.15) is 5.58 Å². The van der Waals surface area contributed by atoms with Crippen LogP contribution in [0.4, 0.5) is 17.1 Å². The zero-order chi connectivity index (χ0) is 43.3. The zero-order valence-electron chi connectivity index (χ0n) is 35.7. The Kier molecular flexibility index (Phi) is 8.15. The molecule has 0 fully saturated rings. The molecule has 0 aliphatic heterocycles. The van der Waals surface area contributed by atoms with Gasteiger partial charge < -0.3 is 13.9 Å². The number of rotatable bonds is 6. The molecule has 0 saturated heterocycles. The van der Waals surface area contributed by atoms with E-state index in [0.717, 1.165) is 55.8 Å². The van der Waals surface area contributed by atoms with Gasteiger partial charge in [-0.15, -0.1) is 11.3 Å². The van der Waals surface area contributed by atoms with Crippen LogP contribution in [-0.2, 0) is 0 Å². The van der Waals surface area contributed by atoms with Crippen LogP contribution in [0.5, 0.6) is 0 Å². The first-order valence-electron chi connectivity index (χ1n) is 22.5. The molecule has 0 unspecified atom stereocenters. The van der Waals surface area contributed by atoms with E-state index in [2.05, 4.69) is 240 Å². The molecule has 0 radical (unpaired) electrons. The Hall–Kier alpha value is -8.44. The van der Waals surface area contributed by atoms with Crippen molar-refractivity contribution in [3.05, 3.63) is 231 Å². The van der Waals surface area contributed by atoms with Crippen LogP contribution >= 0.6 is 11.3 Å². The van der Waals surface area contributed by atoms with Crippen molar-refractivity contribution in [3.63, 3.8) is 0 Å². The van der Waals surface area contributed by atoms with Gasteiger partial charge in [0.05, 0.1) is 16.7 Å². The predicted octanol–water partition coefficient (Wildman–Crippen LogP) is 18.2. The molecule has 3 nitrogen and oxygen atoms in total. The number of hydrogen-bond donors (Lipinski definition) is 0. The second kappa shape index (κ2) is 14.5. The smallest absolute Gasteiger partial charge is 0.160 e. The average molecular weight is 859 g/mol. The highest BCUT2D eigenvalue weighted by atomic mass is 32.1. The number of fused-ring (bicyclic) bond motifs is 12. The highest BCUT2D eigenvalue weighted by Crippen LogP contribution is 2.51. The Morgan fingerprint density at radius 1 is 0.394 bits per heavy atom. The maximum atomic E-state index is 7.18. The van der Waals surface area contributed by atoms with E-state index in [1.807, 2.05) is 11.3 Å². The SMILES string of the molecule is c1ccc(-c2ccc(-c3ccc(N(c4ccc5ccc6ccccc6c5c4)c4ccc5c(c4)c4ccccc4n5-c4ccccc4)c4oc5ccccc5c34)c3c2sc2ccccc23)cc1. The van der Waals surface area contributed by atoms with Gasteiger partial charge in [-0.3, -0.25) is 0 Å². The summed E-state index contributed by atoms with van der Waals surface area (Å²) < 4.78 is 12.1. The third-order valence-electron chi connectivity index (χ3n) is 13.6. The van der Waals surface area contributed by atoms with Gasteiger partial charge in [0, 0.05) is 58.8 Å². The van der Waals surface area contributed by atoms with E-state index < -0.39 is 0 Å². The molecule has 3 aromatic heterocycles. The highest BCUT2D eigenvalue weighted by Gasteiger charge is 2.26. The van der Waals surface area contributed by atoms with E-state index in [1.54, 1.807) is 0 Å². The molecule has 0 N–H and O–H groups in total. The van der Waals surface area contributed by atoms with Crippen LogP contribution in [0.2, 0.25) is 0 Å². The van der Waals surface area contributed by atoms with Gasteiger partial charge in [0.15, 0.2) is 5.58 Å². The van der Waals surface area contributed by atoms with Gasteiger partial charge in [0.2, 0.25) is 0 Å². The minimum absolute atomic E-state index is 0.846. The molecule has 0 saturated carbocycles. The molecule has 0 amide bonds. The lowest BCUT2D eigenvalue weighted by molar-refractivity contribution is 0.669. The minimum Gasteiger partial charge on any atom is -0.454 e. The zero-order valence-corrected chi connectivity index (χ0v) is 36.5. The molecule has 66 heavy (non-hydrogen) atoms. The molecule has 14 aromatic rings. The van der Waals surface area contributed by atoms with Crippen molar-refractivity contribution >= 4 is 114 Å². The number of anilines is 3. The van der Waals surface area contributed by atoms with Crippen molar-refractivity contribution in [2.24, 2.45) is 0 Å². The van der Waals surface area contributed by atoms with E-state index >= 15 is 0 Å². The van der Waals surface area contributed by atoms with Crippen molar-refractivity contribution in [1.82, 2.24) is 4.57 Å². The number of para-hydroxylation sites is 3. The van der Waals surface area contributed by atoms with Gasteiger partial charge in [-0.1, -0.05) is 164 Å². The van der Waals surface area contributed by atoms with E-state index in [0.29, 0.717) is 0 Å². The van der Waals surface area contributed by atoms with Crippen molar-refractivity contribution in [2.75, 3.05) is 4.90 Å². The van der Waals surface area contributed by atoms with Crippen molar-refractivity contribution < 1.29 is 4.42 Å². The lowest BCUT2D eigenvalue weighted by Gasteiger charge is -2.27. The molecule has 0 spiro atoms. The Balaban J connectivity index is 1.07. The molecule has 4 heteroatoms. The summed E-state index contributed by atoms with van der Waals surface area (Å²) in [6.45, 7) is 0. The number of thiophene rings is 1. The Morgan fingerprint density at radius 2 is 0.985 bits per heavy atom. The summed E-state index contributed by atoms with van der Waals surface area (Å²) in [6.07, 6.45) is 0. The van der Waals surface area contributed by atoms with Gasteiger partial charge in [-0.25, -0.2) is 0 Å². The Morgan fingerprint density at radius 3 is 1.83 bits per heavy atom. The normalized spacial score (nSPS) is 11.9. The predicted molar refractivity (Wildman–Crippen MR) is 282 cm³/mol. The number of furan rings is 1. The maximum Gasteiger partial charge on any atom is 0.160 e. The molecule has 0 aliphatic rings. The molecule has 14 rings (SSSR count). The van der Waals surface area contributed by atoms with Crippen molar-refractivity contribution in [3.8, 4) is 27.9 Å². The third-order valence-corrected chi connectivity index (χ3v) is 14.8. The molecule has 3 heterocycles. The van der Waals surface area contributed by atoms with E-state index in [1.165, 1.54) is 74.7 Å². The molecule has 11 aromatic carbocycles. The van der Waals surface area contributed by atoms with Crippen LogP contribution in [0.1, 0.15) is 0 Å². The largest absolute Gasteiger partial charge is 0.454 e. The quantitative estimate of drug-likeness (QED) is 0.155. The average Bonchev–Trinajstić information content (AvgIpc) is 4.07. The fraction of sp³-hybridized carbons (Fsp3) is 0. The maximum absolute atomic E-state index is 7.18. The third kappa shape index (κ3) is 5.55. The number of benzene rings is 11. The molecular formula is C62H38N2OS. The second-order valence-corrected chi connectivity index (χ2v) is 18.2. The first-order chi connectivity index (χ1) is 32.7. The number of nitrogens with zero attached hydrogens (tertiary/aromatic N) is 2. The van der Waals surface area contributed by atoms with Gasteiger partial charge in [-0.05, 0) is 111 Å². The monoisotopic (exact) mass is 858 g/mol.